The molecule has 2 unspecified atom stereocenters. The van der Waals surface area contributed by atoms with Gasteiger partial charge >= 0.3 is 0 Å². The Balaban J connectivity index is 2.47. The van der Waals surface area contributed by atoms with E-state index in [-0.39, 0.29) is 0 Å². The topological polar surface area (TPSA) is 72.4 Å². The average Bonchev–Trinajstić information content (AvgIpc) is 2.92. The highest BCUT2D eigenvalue weighted by atomic mass is 16.1. The number of nitrogens with zero attached hydrogens (tertiary/aromatic N) is 2. The summed E-state index contributed by atoms with van der Waals surface area (Å²) < 4.78 is 1.75. The lowest BCUT2D eigenvalue weighted by Crippen LogP contribution is -2.28. The van der Waals surface area contributed by atoms with E-state index in [2.05, 4.69) is 31.2 Å². The first kappa shape index (κ1) is 14.4. The second-order valence-electron chi connectivity index (χ2n) is 5.18. The van der Waals surface area contributed by atoms with E-state index < -0.39 is 5.91 Å². The van der Waals surface area contributed by atoms with Gasteiger partial charge in [-0.05, 0) is 24.5 Å². The molecule has 0 saturated heterocycles. The zero-order chi connectivity index (χ0) is 14.7. The van der Waals surface area contributed by atoms with Crippen LogP contribution in [0.25, 0.3) is 5.52 Å². The Morgan fingerprint density at radius 2 is 2.20 bits per heavy atom. The van der Waals surface area contributed by atoms with Crippen molar-refractivity contribution in [3.8, 4) is 0 Å². The number of rotatable bonds is 6. The molecule has 0 spiro atoms. The normalized spacial score (nSPS) is 14.2. The molecular weight excluding hydrogens is 252 g/mol. The molecule has 5 nitrogen and oxygen atoms in total. The summed E-state index contributed by atoms with van der Waals surface area (Å²) in [6.45, 7) is 6.52. The molecule has 0 radical (unpaired) electrons. The maximum atomic E-state index is 11.6. The fraction of sp³-hybridized carbons (Fsp3) is 0.467. The minimum Gasteiger partial charge on any atom is -0.380 e. The first-order chi connectivity index (χ1) is 9.58. The van der Waals surface area contributed by atoms with Gasteiger partial charge in [0.2, 0.25) is 0 Å². The lowest BCUT2D eigenvalue weighted by Gasteiger charge is -2.25. The van der Waals surface area contributed by atoms with Gasteiger partial charge in [0.1, 0.15) is 0 Å². The van der Waals surface area contributed by atoms with E-state index in [9.17, 15) is 4.79 Å². The summed E-state index contributed by atoms with van der Waals surface area (Å²) in [5, 5.41) is 7.69. The number of nitrogens with one attached hydrogen (secondary N) is 1. The Morgan fingerprint density at radius 3 is 2.80 bits per heavy atom. The second-order valence-corrected chi connectivity index (χ2v) is 5.18. The first-order valence-electron chi connectivity index (χ1n) is 7.11. The molecular formula is C15H22N4O. The van der Waals surface area contributed by atoms with Crippen LogP contribution < -0.4 is 11.1 Å². The molecule has 108 valence electrons. The molecule has 1 amide bonds. The molecule has 2 rings (SSSR count). The zero-order valence-electron chi connectivity index (χ0n) is 12.3. The van der Waals surface area contributed by atoms with Crippen molar-refractivity contribution in [2.24, 2.45) is 11.7 Å². The maximum Gasteiger partial charge on any atom is 0.252 e. The Kier molecular flexibility index (Phi) is 4.27. The smallest absolute Gasteiger partial charge is 0.252 e. The summed E-state index contributed by atoms with van der Waals surface area (Å²) in [5.74, 6) is 0.0617. The summed E-state index contributed by atoms with van der Waals surface area (Å²) in [6.07, 6.45) is 5.46. The van der Waals surface area contributed by atoms with Gasteiger partial charge in [-0.3, -0.25) is 4.79 Å². The number of amides is 1. The highest BCUT2D eigenvalue weighted by molar-refractivity contribution is 6.01. The molecule has 2 aromatic heterocycles. The van der Waals surface area contributed by atoms with Gasteiger partial charge in [-0.1, -0.05) is 27.2 Å². The van der Waals surface area contributed by atoms with Crippen molar-refractivity contribution in [3.05, 3.63) is 30.1 Å². The van der Waals surface area contributed by atoms with Crippen molar-refractivity contribution in [2.45, 2.75) is 39.7 Å². The number of nitrogens with two attached hydrogens (primary N) is 1. The number of hydrogen-bond donors (Lipinski definition) is 2. The lowest BCUT2D eigenvalue weighted by molar-refractivity contribution is 0.100. The van der Waals surface area contributed by atoms with Crippen molar-refractivity contribution in [3.63, 3.8) is 0 Å². The van der Waals surface area contributed by atoms with Crippen LogP contribution in [0.15, 0.2) is 24.5 Å². The van der Waals surface area contributed by atoms with Crippen LogP contribution in [0, 0.1) is 5.92 Å². The minimum atomic E-state index is -0.456. The largest absolute Gasteiger partial charge is 0.380 e. The van der Waals surface area contributed by atoms with Crippen LogP contribution in [-0.2, 0) is 0 Å². The van der Waals surface area contributed by atoms with Gasteiger partial charge < -0.3 is 11.1 Å². The Labute approximate surface area is 119 Å². The van der Waals surface area contributed by atoms with Gasteiger partial charge in [0.25, 0.3) is 5.91 Å². The monoisotopic (exact) mass is 274 g/mol. The lowest BCUT2D eigenvalue weighted by atomic mass is 9.96. The predicted molar refractivity (Wildman–Crippen MR) is 80.9 cm³/mol. The number of primary amides is 1. The predicted octanol–water partition coefficient (Wildman–Crippen LogP) is 2.67. The molecule has 3 N–H and O–H groups in total. The number of hydrogen-bond acceptors (Lipinski definition) is 3. The van der Waals surface area contributed by atoms with Crippen molar-refractivity contribution in [1.29, 1.82) is 0 Å². The fourth-order valence-corrected chi connectivity index (χ4v) is 2.45. The average molecular weight is 274 g/mol. The molecule has 0 fully saturated rings. The Hall–Kier alpha value is -2.04. The second kappa shape index (κ2) is 5.94. The van der Waals surface area contributed by atoms with Gasteiger partial charge in [-0.15, -0.1) is 0 Å². The summed E-state index contributed by atoms with van der Waals surface area (Å²) in [5.41, 5.74) is 7.57. The van der Waals surface area contributed by atoms with Crippen molar-refractivity contribution in [2.75, 3.05) is 5.32 Å². The first-order valence-corrected chi connectivity index (χ1v) is 7.11. The van der Waals surface area contributed by atoms with E-state index in [0.717, 1.165) is 24.0 Å². The van der Waals surface area contributed by atoms with Crippen LogP contribution in [-0.4, -0.2) is 21.6 Å². The maximum absolute atomic E-state index is 11.6. The highest BCUT2D eigenvalue weighted by Crippen LogP contribution is 2.25. The highest BCUT2D eigenvalue weighted by Gasteiger charge is 2.19. The minimum absolute atomic E-state index is 0.305. The van der Waals surface area contributed by atoms with Crippen molar-refractivity contribution < 1.29 is 4.79 Å². The third-order valence-electron chi connectivity index (χ3n) is 3.93. The SMILES string of the molecule is CCC(C)C(CC)Nc1c(C(N)=O)cnn2cccc12. The summed E-state index contributed by atoms with van der Waals surface area (Å²) in [6, 6.07) is 4.15. The van der Waals surface area contributed by atoms with Crippen molar-refractivity contribution >= 4 is 17.1 Å². The molecule has 0 aliphatic rings. The van der Waals surface area contributed by atoms with Crippen molar-refractivity contribution in [1.82, 2.24) is 9.61 Å². The van der Waals surface area contributed by atoms with Crippen LogP contribution in [0.5, 0.6) is 0 Å². The van der Waals surface area contributed by atoms with Gasteiger partial charge in [-0.25, -0.2) is 4.52 Å². The molecule has 0 aromatic carbocycles. The Bertz CT molecular complexity index is 605. The summed E-state index contributed by atoms with van der Waals surface area (Å²) >= 11 is 0. The Morgan fingerprint density at radius 1 is 1.45 bits per heavy atom. The van der Waals surface area contributed by atoms with Gasteiger partial charge in [0.05, 0.1) is 23.0 Å². The number of carbonyl (C=O) groups is 1. The van der Waals surface area contributed by atoms with Gasteiger partial charge in [0.15, 0.2) is 0 Å². The van der Waals surface area contributed by atoms with E-state index in [1.54, 1.807) is 4.52 Å². The van der Waals surface area contributed by atoms with Crippen LogP contribution in [0.4, 0.5) is 5.69 Å². The molecule has 2 atom stereocenters. The standard InChI is InChI=1S/C15H22N4O/c1-4-10(3)12(5-2)18-14-11(15(16)20)9-17-19-8-6-7-13(14)19/h6-10,12,18H,4-5H2,1-3H3,(H2,16,20). The molecule has 0 bridgehead atoms. The number of aromatic nitrogens is 2. The molecule has 0 aliphatic heterocycles. The van der Waals surface area contributed by atoms with Crippen LogP contribution in [0.2, 0.25) is 0 Å². The van der Waals surface area contributed by atoms with Crippen LogP contribution >= 0.6 is 0 Å². The van der Waals surface area contributed by atoms with E-state index in [1.165, 1.54) is 6.20 Å². The molecule has 0 aliphatic carbocycles. The number of carbonyl (C=O) groups excluding carboxylic acids is 1. The number of fused-ring (bicyclic) bond motifs is 1. The van der Waals surface area contributed by atoms with Gasteiger partial charge in [0, 0.05) is 12.2 Å². The molecule has 2 heterocycles. The number of anilines is 1. The summed E-state index contributed by atoms with van der Waals surface area (Å²) in [7, 11) is 0. The third-order valence-corrected chi connectivity index (χ3v) is 3.93. The van der Waals surface area contributed by atoms with E-state index >= 15 is 0 Å². The van der Waals surface area contributed by atoms with E-state index in [4.69, 9.17) is 5.73 Å². The molecule has 0 saturated carbocycles. The third kappa shape index (κ3) is 2.61. The molecule has 20 heavy (non-hydrogen) atoms. The summed E-state index contributed by atoms with van der Waals surface area (Å²) in [4.78, 5) is 11.6. The van der Waals surface area contributed by atoms with E-state index in [0.29, 0.717) is 17.5 Å². The quantitative estimate of drug-likeness (QED) is 0.850. The fourth-order valence-electron chi connectivity index (χ4n) is 2.45. The zero-order valence-corrected chi connectivity index (χ0v) is 12.3. The molecule has 5 heteroatoms. The van der Waals surface area contributed by atoms with Crippen LogP contribution in [0.3, 0.4) is 0 Å². The molecule has 2 aromatic rings. The van der Waals surface area contributed by atoms with Gasteiger partial charge in [-0.2, -0.15) is 5.10 Å². The van der Waals surface area contributed by atoms with Crippen LogP contribution in [0.1, 0.15) is 44.0 Å². The van der Waals surface area contributed by atoms with E-state index in [1.807, 2.05) is 18.3 Å².